The maximum atomic E-state index is 11.0. The fourth-order valence-corrected chi connectivity index (χ4v) is 1.39. The van der Waals surface area contributed by atoms with Gasteiger partial charge in [0.25, 0.3) is 0 Å². The SMILES string of the molecule is CCC(=O)NCC(O)c1ccccc1OC. The van der Waals surface area contributed by atoms with Crippen molar-refractivity contribution in [3.63, 3.8) is 0 Å². The Hall–Kier alpha value is -1.55. The first-order valence-electron chi connectivity index (χ1n) is 5.26. The molecular formula is C12H17NO3. The summed E-state index contributed by atoms with van der Waals surface area (Å²) in [4.78, 5) is 11.0. The number of amides is 1. The van der Waals surface area contributed by atoms with Crippen LogP contribution in [0.5, 0.6) is 5.75 Å². The first-order valence-corrected chi connectivity index (χ1v) is 5.26. The lowest BCUT2D eigenvalue weighted by Gasteiger charge is -2.15. The molecule has 2 N–H and O–H groups in total. The van der Waals surface area contributed by atoms with Crippen LogP contribution in [-0.4, -0.2) is 24.7 Å². The minimum absolute atomic E-state index is 0.0750. The molecule has 0 spiro atoms. The van der Waals surface area contributed by atoms with Crippen molar-refractivity contribution in [3.8, 4) is 5.75 Å². The van der Waals surface area contributed by atoms with E-state index in [0.717, 1.165) is 0 Å². The largest absolute Gasteiger partial charge is 0.496 e. The van der Waals surface area contributed by atoms with Crippen molar-refractivity contribution in [3.05, 3.63) is 29.8 Å². The summed E-state index contributed by atoms with van der Waals surface area (Å²) >= 11 is 0. The molecule has 4 nitrogen and oxygen atoms in total. The highest BCUT2D eigenvalue weighted by molar-refractivity contribution is 5.75. The topological polar surface area (TPSA) is 58.6 Å². The molecule has 1 rings (SSSR count). The van der Waals surface area contributed by atoms with Gasteiger partial charge in [-0.05, 0) is 6.07 Å². The molecule has 0 aliphatic rings. The lowest BCUT2D eigenvalue weighted by molar-refractivity contribution is -0.121. The summed E-state index contributed by atoms with van der Waals surface area (Å²) in [6.45, 7) is 1.97. The van der Waals surface area contributed by atoms with Gasteiger partial charge in [0.2, 0.25) is 5.91 Å². The number of rotatable bonds is 5. The zero-order chi connectivity index (χ0) is 12.0. The number of ether oxygens (including phenoxy) is 1. The molecule has 1 aromatic carbocycles. The Morgan fingerprint density at radius 1 is 1.50 bits per heavy atom. The standard InChI is InChI=1S/C12H17NO3/c1-3-12(15)13-8-10(14)9-6-4-5-7-11(9)16-2/h4-7,10,14H,3,8H2,1-2H3,(H,13,15). The van der Waals surface area contributed by atoms with Crippen LogP contribution in [-0.2, 0) is 4.79 Å². The number of aliphatic hydroxyl groups is 1. The molecule has 1 aromatic rings. The van der Waals surface area contributed by atoms with E-state index in [1.165, 1.54) is 0 Å². The number of hydrogen-bond acceptors (Lipinski definition) is 3. The lowest BCUT2D eigenvalue weighted by Crippen LogP contribution is -2.27. The fourth-order valence-electron chi connectivity index (χ4n) is 1.39. The number of para-hydroxylation sites is 1. The highest BCUT2D eigenvalue weighted by atomic mass is 16.5. The average molecular weight is 223 g/mol. The van der Waals surface area contributed by atoms with Crippen LogP contribution in [0.1, 0.15) is 25.0 Å². The molecule has 0 aromatic heterocycles. The monoisotopic (exact) mass is 223 g/mol. The van der Waals surface area contributed by atoms with Crippen LogP contribution in [0.2, 0.25) is 0 Å². The molecule has 0 aliphatic carbocycles. The highest BCUT2D eigenvalue weighted by Gasteiger charge is 2.12. The van der Waals surface area contributed by atoms with E-state index in [9.17, 15) is 9.90 Å². The zero-order valence-electron chi connectivity index (χ0n) is 9.56. The second-order valence-electron chi connectivity index (χ2n) is 3.42. The number of hydrogen-bond donors (Lipinski definition) is 2. The molecule has 1 unspecified atom stereocenters. The normalized spacial score (nSPS) is 11.9. The van der Waals surface area contributed by atoms with Crippen molar-refractivity contribution in [2.24, 2.45) is 0 Å². The van der Waals surface area contributed by atoms with E-state index in [1.54, 1.807) is 26.2 Å². The predicted molar refractivity (Wildman–Crippen MR) is 61.3 cm³/mol. The Bertz CT molecular complexity index is 352. The molecule has 0 saturated heterocycles. The Balaban J connectivity index is 2.65. The third kappa shape index (κ3) is 3.24. The number of carbonyl (C=O) groups excluding carboxylic acids is 1. The van der Waals surface area contributed by atoms with E-state index in [1.807, 2.05) is 12.1 Å². The molecule has 88 valence electrons. The smallest absolute Gasteiger partial charge is 0.219 e. The van der Waals surface area contributed by atoms with Crippen molar-refractivity contribution in [1.82, 2.24) is 5.32 Å². The van der Waals surface area contributed by atoms with E-state index < -0.39 is 6.10 Å². The van der Waals surface area contributed by atoms with Gasteiger partial charge < -0.3 is 15.2 Å². The fraction of sp³-hybridized carbons (Fsp3) is 0.417. The molecule has 0 heterocycles. The minimum Gasteiger partial charge on any atom is -0.496 e. The molecule has 1 atom stereocenters. The summed E-state index contributed by atoms with van der Waals surface area (Å²) in [6, 6.07) is 7.21. The number of carbonyl (C=O) groups is 1. The number of benzene rings is 1. The molecule has 0 bridgehead atoms. The average Bonchev–Trinajstić information content (AvgIpc) is 2.35. The third-order valence-corrected chi connectivity index (χ3v) is 2.31. The van der Waals surface area contributed by atoms with Gasteiger partial charge in [-0.25, -0.2) is 0 Å². The Labute approximate surface area is 95.2 Å². The van der Waals surface area contributed by atoms with Crippen molar-refractivity contribution >= 4 is 5.91 Å². The van der Waals surface area contributed by atoms with Crippen molar-refractivity contribution in [2.45, 2.75) is 19.4 Å². The van der Waals surface area contributed by atoms with Gasteiger partial charge in [0.15, 0.2) is 0 Å². The summed E-state index contributed by atoms with van der Waals surface area (Å²) < 4.78 is 5.13. The summed E-state index contributed by atoms with van der Waals surface area (Å²) in [5, 5.41) is 12.5. The van der Waals surface area contributed by atoms with Crippen LogP contribution in [0.25, 0.3) is 0 Å². The van der Waals surface area contributed by atoms with E-state index >= 15 is 0 Å². The summed E-state index contributed by atoms with van der Waals surface area (Å²) in [5.74, 6) is 0.551. The molecule has 0 aliphatic heterocycles. The first kappa shape index (κ1) is 12.5. The Kier molecular flexibility index (Phi) is 4.79. The number of aliphatic hydroxyl groups excluding tert-OH is 1. The highest BCUT2D eigenvalue weighted by Crippen LogP contribution is 2.23. The summed E-state index contributed by atoms with van der Waals surface area (Å²) in [6.07, 6.45) is -0.329. The van der Waals surface area contributed by atoms with E-state index in [0.29, 0.717) is 17.7 Å². The van der Waals surface area contributed by atoms with Crippen molar-refractivity contribution < 1.29 is 14.6 Å². The van der Waals surface area contributed by atoms with Crippen molar-refractivity contribution in [2.75, 3.05) is 13.7 Å². The molecule has 4 heteroatoms. The van der Waals surface area contributed by atoms with Gasteiger partial charge in [0, 0.05) is 18.5 Å². The number of methoxy groups -OCH3 is 1. The van der Waals surface area contributed by atoms with Crippen LogP contribution in [0, 0.1) is 0 Å². The molecule has 0 radical (unpaired) electrons. The summed E-state index contributed by atoms with van der Waals surface area (Å²) in [7, 11) is 1.55. The molecule has 16 heavy (non-hydrogen) atoms. The van der Waals surface area contributed by atoms with Gasteiger partial charge in [-0.3, -0.25) is 4.79 Å². The maximum Gasteiger partial charge on any atom is 0.219 e. The molecule has 0 fully saturated rings. The minimum atomic E-state index is -0.744. The molecular weight excluding hydrogens is 206 g/mol. The van der Waals surface area contributed by atoms with Gasteiger partial charge >= 0.3 is 0 Å². The van der Waals surface area contributed by atoms with Gasteiger partial charge in [-0.1, -0.05) is 25.1 Å². The van der Waals surface area contributed by atoms with Crippen LogP contribution >= 0.6 is 0 Å². The molecule has 1 amide bonds. The van der Waals surface area contributed by atoms with Crippen molar-refractivity contribution in [1.29, 1.82) is 0 Å². The zero-order valence-corrected chi connectivity index (χ0v) is 9.56. The van der Waals surface area contributed by atoms with Gasteiger partial charge in [0.1, 0.15) is 5.75 Å². The Morgan fingerprint density at radius 3 is 2.81 bits per heavy atom. The summed E-state index contributed by atoms with van der Waals surface area (Å²) in [5.41, 5.74) is 0.682. The van der Waals surface area contributed by atoms with E-state index in [2.05, 4.69) is 5.32 Å². The van der Waals surface area contributed by atoms with Crippen LogP contribution in [0.15, 0.2) is 24.3 Å². The lowest BCUT2D eigenvalue weighted by atomic mass is 10.1. The van der Waals surface area contributed by atoms with Gasteiger partial charge in [0.05, 0.1) is 13.2 Å². The Morgan fingerprint density at radius 2 is 2.19 bits per heavy atom. The van der Waals surface area contributed by atoms with E-state index in [-0.39, 0.29) is 12.5 Å². The second-order valence-corrected chi connectivity index (χ2v) is 3.42. The maximum absolute atomic E-state index is 11.0. The predicted octanol–water partition coefficient (Wildman–Crippen LogP) is 1.25. The third-order valence-electron chi connectivity index (χ3n) is 2.31. The van der Waals surface area contributed by atoms with E-state index in [4.69, 9.17) is 4.74 Å². The first-order chi connectivity index (χ1) is 7.69. The van der Waals surface area contributed by atoms with Crippen LogP contribution < -0.4 is 10.1 Å². The second kappa shape index (κ2) is 6.12. The quantitative estimate of drug-likeness (QED) is 0.790. The van der Waals surface area contributed by atoms with Gasteiger partial charge in [-0.15, -0.1) is 0 Å². The van der Waals surface area contributed by atoms with Crippen LogP contribution in [0.4, 0.5) is 0 Å². The van der Waals surface area contributed by atoms with Crippen LogP contribution in [0.3, 0.4) is 0 Å². The van der Waals surface area contributed by atoms with Gasteiger partial charge in [-0.2, -0.15) is 0 Å². The molecule has 0 saturated carbocycles. The number of nitrogens with one attached hydrogen (secondary N) is 1.